The van der Waals surface area contributed by atoms with Crippen LogP contribution in [0.1, 0.15) is 18.7 Å². The summed E-state index contributed by atoms with van der Waals surface area (Å²) in [7, 11) is 0. The number of carboxylic acids is 1. The highest BCUT2D eigenvalue weighted by atomic mass is 19.1. The Labute approximate surface area is 80.2 Å². The van der Waals surface area contributed by atoms with E-state index in [1.165, 1.54) is 25.1 Å². The molecule has 2 atom stereocenters. The van der Waals surface area contributed by atoms with Gasteiger partial charge in [0.25, 0.3) is 0 Å². The molecular weight excluding hydrogens is 190 g/mol. The third-order valence-electron chi connectivity index (χ3n) is 2.03. The molecule has 0 aliphatic rings. The van der Waals surface area contributed by atoms with Crippen molar-refractivity contribution in [1.82, 2.24) is 0 Å². The summed E-state index contributed by atoms with van der Waals surface area (Å²) >= 11 is 0. The molecule has 76 valence electrons. The summed E-state index contributed by atoms with van der Waals surface area (Å²) in [6.45, 7) is 1.21. The van der Waals surface area contributed by atoms with Crippen molar-refractivity contribution in [3.8, 4) is 0 Å². The Morgan fingerprint density at radius 1 is 1.43 bits per heavy atom. The van der Waals surface area contributed by atoms with E-state index in [0.717, 1.165) is 6.07 Å². The molecular formula is C10H10F2O2. The number of aliphatic carboxylic acids is 1. The Bertz CT molecular complexity index is 339. The van der Waals surface area contributed by atoms with Crippen LogP contribution in [0.2, 0.25) is 0 Å². The highest BCUT2D eigenvalue weighted by Crippen LogP contribution is 2.27. The molecule has 0 fully saturated rings. The lowest BCUT2D eigenvalue weighted by atomic mass is 9.99. The van der Waals surface area contributed by atoms with E-state index in [2.05, 4.69) is 0 Å². The van der Waals surface area contributed by atoms with Gasteiger partial charge in [0.05, 0.1) is 5.92 Å². The number of rotatable bonds is 3. The van der Waals surface area contributed by atoms with Gasteiger partial charge >= 0.3 is 5.97 Å². The summed E-state index contributed by atoms with van der Waals surface area (Å²) in [6.07, 6.45) is -1.81. The van der Waals surface area contributed by atoms with Gasteiger partial charge < -0.3 is 5.11 Å². The molecule has 0 bridgehead atoms. The lowest BCUT2D eigenvalue weighted by Gasteiger charge is -2.13. The van der Waals surface area contributed by atoms with Crippen molar-refractivity contribution in [3.63, 3.8) is 0 Å². The molecule has 1 N–H and O–H groups in total. The molecule has 0 aromatic heterocycles. The molecule has 0 saturated carbocycles. The van der Waals surface area contributed by atoms with Crippen molar-refractivity contribution in [1.29, 1.82) is 0 Å². The number of halogens is 2. The fourth-order valence-corrected chi connectivity index (χ4v) is 1.09. The second kappa shape index (κ2) is 4.17. The molecule has 14 heavy (non-hydrogen) atoms. The maximum atomic E-state index is 13.4. The first-order chi connectivity index (χ1) is 6.54. The van der Waals surface area contributed by atoms with Crippen molar-refractivity contribution in [3.05, 3.63) is 35.6 Å². The molecule has 0 aliphatic heterocycles. The molecule has 0 saturated heterocycles. The minimum Gasteiger partial charge on any atom is -0.481 e. The van der Waals surface area contributed by atoms with E-state index in [1.54, 1.807) is 0 Å². The zero-order valence-electron chi connectivity index (χ0n) is 7.58. The number of hydrogen-bond acceptors (Lipinski definition) is 1. The van der Waals surface area contributed by atoms with E-state index >= 15 is 0 Å². The molecule has 0 spiro atoms. The summed E-state index contributed by atoms with van der Waals surface area (Å²) < 4.78 is 26.5. The Kier molecular flexibility index (Phi) is 3.17. The van der Waals surface area contributed by atoms with Gasteiger partial charge in [0.2, 0.25) is 0 Å². The molecule has 1 rings (SSSR count). The second-order valence-electron chi connectivity index (χ2n) is 3.05. The second-order valence-corrected chi connectivity index (χ2v) is 3.05. The van der Waals surface area contributed by atoms with E-state index in [-0.39, 0.29) is 5.56 Å². The van der Waals surface area contributed by atoms with Crippen molar-refractivity contribution in [2.45, 2.75) is 13.1 Å². The van der Waals surface area contributed by atoms with E-state index in [4.69, 9.17) is 5.11 Å². The smallest absolute Gasteiger partial charge is 0.309 e. The number of carbonyl (C=O) groups is 1. The van der Waals surface area contributed by atoms with E-state index in [9.17, 15) is 13.6 Å². The first-order valence-corrected chi connectivity index (χ1v) is 4.15. The molecule has 2 nitrogen and oxygen atoms in total. The Hall–Kier alpha value is -1.45. The van der Waals surface area contributed by atoms with Gasteiger partial charge in [-0.3, -0.25) is 4.79 Å². The van der Waals surface area contributed by atoms with Gasteiger partial charge in [-0.25, -0.2) is 8.78 Å². The van der Waals surface area contributed by atoms with Gasteiger partial charge in [0.15, 0.2) is 0 Å². The van der Waals surface area contributed by atoms with Crippen LogP contribution < -0.4 is 0 Å². The molecule has 4 heteroatoms. The van der Waals surface area contributed by atoms with Gasteiger partial charge in [-0.1, -0.05) is 18.2 Å². The average molecular weight is 200 g/mol. The molecule has 1 aromatic rings. The topological polar surface area (TPSA) is 37.3 Å². The van der Waals surface area contributed by atoms with Crippen molar-refractivity contribution >= 4 is 5.97 Å². The summed E-state index contributed by atoms with van der Waals surface area (Å²) in [6, 6.07) is 5.26. The molecule has 1 aromatic carbocycles. The maximum Gasteiger partial charge on any atom is 0.309 e. The van der Waals surface area contributed by atoms with Crippen LogP contribution in [-0.4, -0.2) is 11.1 Å². The van der Waals surface area contributed by atoms with E-state index in [1.807, 2.05) is 0 Å². The molecule has 0 amide bonds. The fraction of sp³-hybridized carbons (Fsp3) is 0.300. The zero-order valence-corrected chi connectivity index (χ0v) is 7.58. The predicted octanol–water partition coefficient (Wildman–Crippen LogP) is 2.56. The van der Waals surface area contributed by atoms with Crippen LogP contribution in [0.5, 0.6) is 0 Å². The van der Waals surface area contributed by atoms with Crippen LogP contribution in [0.4, 0.5) is 8.78 Å². The third kappa shape index (κ3) is 2.07. The summed E-state index contributed by atoms with van der Waals surface area (Å²) in [5, 5.41) is 8.54. The predicted molar refractivity (Wildman–Crippen MR) is 47.0 cm³/mol. The minimum absolute atomic E-state index is 0.206. The highest BCUT2D eigenvalue weighted by molar-refractivity contribution is 5.70. The number of hydrogen-bond donors (Lipinski definition) is 1. The molecule has 2 unspecified atom stereocenters. The SMILES string of the molecule is CC(C(=O)O)C(F)c1ccccc1F. The minimum atomic E-state index is -1.81. The quantitative estimate of drug-likeness (QED) is 0.814. The van der Waals surface area contributed by atoms with Gasteiger partial charge in [-0.05, 0) is 13.0 Å². The zero-order chi connectivity index (χ0) is 10.7. The van der Waals surface area contributed by atoms with Crippen molar-refractivity contribution in [2.75, 3.05) is 0 Å². The first kappa shape index (κ1) is 10.6. The Morgan fingerprint density at radius 2 is 2.00 bits per heavy atom. The third-order valence-corrected chi connectivity index (χ3v) is 2.03. The van der Waals surface area contributed by atoms with Crippen LogP contribution in [0.25, 0.3) is 0 Å². The lowest BCUT2D eigenvalue weighted by Crippen LogP contribution is -2.16. The number of alkyl halides is 1. The normalized spacial score (nSPS) is 14.8. The maximum absolute atomic E-state index is 13.4. The van der Waals surface area contributed by atoms with Crippen molar-refractivity contribution in [2.24, 2.45) is 5.92 Å². The lowest BCUT2D eigenvalue weighted by molar-refractivity contribution is -0.143. The van der Waals surface area contributed by atoms with Crippen molar-refractivity contribution < 1.29 is 18.7 Å². The number of carboxylic acid groups (broad SMARTS) is 1. The van der Waals surface area contributed by atoms with Crippen LogP contribution in [0, 0.1) is 11.7 Å². The number of benzene rings is 1. The van der Waals surface area contributed by atoms with E-state index in [0.29, 0.717) is 0 Å². The molecule has 0 aliphatic carbocycles. The van der Waals surface area contributed by atoms with Gasteiger partial charge in [-0.2, -0.15) is 0 Å². The van der Waals surface area contributed by atoms with E-state index < -0.39 is 23.9 Å². The van der Waals surface area contributed by atoms with Crippen LogP contribution in [-0.2, 0) is 4.79 Å². The Morgan fingerprint density at radius 3 is 2.50 bits per heavy atom. The highest BCUT2D eigenvalue weighted by Gasteiger charge is 2.26. The summed E-state index contributed by atoms with van der Waals surface area (Å²) in [5.41, 5.74) is -0.206. The molecule has 0 heterocycles. The van der Waals surface area contributed by atoms with Gasteiger partial charge in [-0.15, -0.1) is 0 Å². The molecule has 0 radical (unpaired) electrons. The summed E-state index contributed by atoms with van der Waals surface area (Å²) in [4.78, 5) is 10.5. The monoisotopic (exact) mass is 200 g/mol. The van der Waals surface area contributed by atoms with Crippen LogP contribution >= 0.6 is 0 Å². The van der Waals surface area contributed by atoms with Gasteiger partial charge in [0.1, 0.15) is 12.0 Å². The Balaban J connectivity index is 2.94. The van der Waals surface area contributed by atoms with Crippen LogP contribution in [0.3, 0.4) is 0 Å². The fourth-order valence-electron chi connectivity index (χ4n) is 1.09. The standard InChI is InChI=1S/C10H10F2O2/c1-6(10(13)14)9(12)7-4-2-3-5-8(7)11/h2-6,9H,1H3,(H,13,14). The van der Waals surface area contributed by atoms with Crippen LogP contribution in [0.15, 0.2) is 24.3 Å². The average Bonchev–Trinajstić information content (AvgIpc) is 2.16. The largest absolute Gasteiger partial charge is 0.481 e. The first-order valence-electron chi connectivity index (χ1n) is 4.15. The summed E-state index contributed by atoms with van der Waals surface area (Å²) in [5.74, 6) is -3.24. The van der Waals surface area contributed by atoms with Gasteiger partial charge in [0, 0.05) is 5.56 Å².